The maximum atomic E-state index is 10.7. The zero-order chi connectivity index (χ0) is 46.7. The fourth-order valence-electron chi connectivity index (χ4n) is 9.80. The van der Waals surface area contributed by atoms with Crippen LogP contribution in [-0.4, -0.2) is 9.13 Å². The highest BCUT2D eigenvalue weighted by molar-refractivity contribution is 6.08. The first-order valence-electron chi connectivity index (χ1n) is 22.5. The molecule has 0 aliphatic carbocycles. The monoisotopic (exact) mass is 874 g/mol. The molecule has 68 heavy (non-hydrogen) atoms. The third kappa shape index (κ3) is 7.08. The predicted molar refractivity (Wildman–Crippen MR) is 277 cm³/mol. The normalized spacial score (nSPS) is 10.9. The van der Waals surface area contributed by atoms with Gasteiger partial charge in [0, 0.05) is 57.4 Å². The van der Waals surface area contributed by atoms with Gasteiger partial charge in [-0.3, -0.25) is 0 Å². The third-order valence-electron chi connectivity index (χ3n) is 12.6. The topological polar surface area (TPSA) is 72.6 Å². The number of aromatic nitrogens is 2. The van der Waals surface area contributed by atoms with Crippen molar-refractivity contribution in [1.82, 2.24) is 9.13 Å². The number of nitrogens with zero attached hydrogens (tertiary/aromatic N) is 8. The standard InChI is InChI=1S/C60H42N8/c1-5-65-57(44-33-37-49(38-34-44)68(47-25-11-8-12-26-47)53-30-18-22-42-20-14-16-28-51(42)53)55-54(58(65)45(39-61)40-62)56(66(6-2)59(55)60(63-3)64-4)43-31-35-48(36-32-43)67(46-23-9-7-10-24-46)52-29-17-21-41-19-13-15-27-50(41)52/h7-38H,5-6H2,1-2H3. The van der Waals surface area contributed by atoms with Crippen molar-refractivity contribution in [2.24, 2.45) is 0 Å². The van der Waals surface area contributed by atoms with Crippen LogP contribution in [0.3, 0.4) is 0 Å². The Labute approximate surface area is 394 Å². The summed E-state index contributed by atoms with van der Waals surface area (Å²) in [7, 11) is 0. The molecule has 0 saturated heterocycles. The van der Waals surface area contributed by atoms with Crippen molar-refractivity contribution in [1.29, 1.82) is 10.5 Å². The molecule has 10 aromatic rings. The van der Waals surface area contributed by atoms with E-state index >= 15 is 0 Å². The number of para-hydroxylation sites is 2. The van der Waals surface area contributed by atoms with Crippen LogP contribution in [0.2, 0.25) is 0 Å². The minimum atomic E-state index is -0.0923. The Hall–Kier alpha value is -9.60. The van der Waals surface area contributed by atoms with E-state index in [-0.39, 0.29) is 11.4 Å². The zero-order valence-corrected chi connectivity index (χ0v) is 37.5. The van der Waals surface area contributed by atoms with Gasteiger partial charge in [-0.25, -0.2) is 0 Å². The van der Waals surface area contributed by atoms with Gasteiger partial charge in [0.05, 0.1) is 28.1 Å². The highest BCUT2D eigenvalue weighted by Crippen LogP contribution is 2.43. The highest BCUT2D eigenvalue weighted by Gasteiger charge is 2.29. The van der Waals surface area contributed by atoms with E-state index in [1.54, 1.807) is 0 Å². The minimum absolute atomic E-state index is 0.0537. The first kappa shape index (κ1) is 42.4. The van der Waals surface area contributed by atoms with Crippen molar-refractivity contribution >= 4 is 77.8 Å². The van der Waals surface area contributed by atoms with Crippen LogP contribution in [0.15, 0.2) is 194 Å². The average Bonchev–Trinajstić information content (AvgIpc) is 3.90. The molecule has 0 radical (unpaired) electrons. The van der Waals surface area contributed by atoms with Crippen LogP contribution in [0.5, 0.6) is 0 Å². The molecule has 0 aliphatic heterocycles. The fraction of sp³-hybridized carbons (Fsp3) is 0.0667. The molecule has 2 aromatic heterocycles. The highest BCUT2D eigenvalue weighted by atomic mass is 15.2. The van der Waals surface area contributed by atoms with Gasteiger partial charge in [0.2, 0.25) is 0 Å². The predicted octanol–water partition coefficient (Wildman–Crippen LogP) is 14.2. The summed E-state index contributed by atoms with van der Waals surface area (Å²) in [6, 6.07) is 70.9. The van der Waals surface area contributed by atoms with Crippen LogP contribution < -0.4 is 20.5 Å². The molecular weight excluding hydrogens is 833 g/mol. The summed E-state index contributed by atoms with van der Waals surface area (Å²) >= 11 is 0. The molecule has 322 valence electrons. The fourth-order valence-corrected chi connectivity index (χ4v) is 9.80. The van der Waals surface area contributed by atoms with E-state index in [2.05, 4.69) is 177 Å². The SMILES string of the molecule is [C-]#[N+]C([N+]#[C-])=c1c2c(-c3ccc(N(c4ccccc4)c4cccc5ccccc45)cc3)n(CC)c(=C(C#N)C#N)c2c(-c2ccc(N(c3ccccc3)c3cccc4ccccc34)cc2)n1CC. The largest absolute Gasteiger partial charge is 0.543 e. The Balaban J connectivity index is 1.22. The summed E-state index contributed by atoms with van der Waals surface area (Å²) < 4.78 is 4.02. The van der Waals surface area contributed by atoms with Crippen molar-refractivity contribution in [3.63, 3.8) is 0 Å². The van der Waals surface area contributed by atoms with Crippen LogP contribution in [0, 0.1) is 35.8 Å². The molecule has 0 N–H and O–H groups in total. The summed E-state index contributed by atoms with van der Waals surface area (Å²) in [4.78, 5) is 12.1. The van der Waals surface area contributed by atoms with Crippen LogP contribution in [0.1, 0.15) is 13.8 Å². The van der Waals surface area contributed by atoms with E-state index in [1.807, 2.05) is 71.5 Å². The summed E-state index contributed by atoms with van der Waals surface area (Å²) in [5.41, 5.74) is 8.92. The van der Waals surface area contributed by atoms with Gasteiger partial charge in [-0.2, -0.15) is 20.2 Å². The molecule has 8 nitrogen and oxygen atoms in total. The summed E-state index contributed by atoms with van der Waals surface area (Å²) in [6.07, 6.45) is 0. The van der Waals surface area contributed by atoms with Gasteiger partial charge >= 0.3 is 5.82 Å². The lowest BCUT2D eigenvalue weighted by Crippen LogP contribution is -2.23. The van der Waals surface area contributed by atoms with Gasteiger partial charge in [-0.15, -0.1) is 0 Å². The smallest absolute Gasteiger partial charge is 0.343 e. The van der Waals surface area contributed by atoms with Gasteiger partial charge in [0.1, 0.15) is 30.6 Å². The Kier molecular flexibility index (Phi) is 11.3. The zero-order valence-electron chi connectivity index (χ0n) is 37.5. The number of fused-ring (bicyclic) bond motifs is 3. The molecule has 0 bridgehead atoms. The summed E-state index contributed by atoms with van der Waals surface area (Å²) in [5, 5.41) is 28.0. The van der Waals surface area contributed by atoms with Crippen molar-refractivity contribution in [2.45, 2.75) is 26.9 Å². The minimum Gasteiger partial charge on any atom is -0.343 e. The summed E-state index contributed by atoms with van der Waals surface area (Å²) in [5.74, 6) is -0.0923. The van der Waals surface area contributed by atoms with Gasteiger partial charge in [-0.1, -0.05) is 133 Å². The van der Waals surface area contributed by atoms with Gasteiger partial charge in [0.15, 0.2) is 5.57 Å². The Morgan fingerprint density at radius 3 is 1.24 bits per heavy atom. The van der Waals surface area contributed by atoms with E-state index in [9.17, 15) is 10.5 Å². The maximum Gasteiger partial charge on any atom is 0.543 e. The number of benzene rings is 8. The molecule has 10 rings (SSSR count). The van der Waals surface area contributed by atoms with Crippen molar-refractivity contribution in [2.75, 3.05) is 9.80 Å². The third-order valence-corrected chi connectivity index (χ3v) is 12.6. The molecular formula is C60H42N8. The number of hydrogen-bond donors (Lipinski definition) is 0. The molecule has 0 atom stereocenters. The van der Waals surface area contributed by atoms with E-state index in [4.69, 9.17) is 13.1 Å². The molecule has 0 aliphatic rings. The number of nitriles is 2. The van der Waals surface area contributed by atoms with Crippen LogP contribution in [0.4, 0.5) is 34.1 Å². The lowest BCUT2D eigenvalue weighted by molar-refractivity contribution is 0.740. The molecule has 8 aromatic carbocycles. The second-order valence-corrected chi connectivity index (χ2v) is 16.2. The molecule has 0 amide bonds. The van der Waals surface area contributed by atoms with Crippen LogP contribution >= 0.6 is 0 Å². The van der Waals surface area contributed by atoms with Gasteiger partial charge in [0.25, 0.3) is 0 Å². The van der Waals surface area contributed by atoms with E-state index in [1.165, 1.54) is 0 Å². The van der Waals surface area contributed by atoms with Crippen molar-refractivity contribution in [3.8, 4) is 34.7 Å². The molecule has 2 heterocycles. The Morgan fingerprint density at radius 2 is 0.824 bits per heavy atom. The van der Waals surface area contributed by atoms with Crippen molar-refractivity contribution < 1.29 is 0 Å². The first-order valence-corrected chi connectivity index (χ1v) is 22.5. The second-order valence-electron chi connectivity index (χ2n) is 16.2. The quantitative estimate of drug-likeness (QED) is 0.128. The molecule has 0 unspecified atom stereocenters. The van der Waals surface area contributed by atoms with E-state index in [0.29, 0.717) is 34.6 Å². The molecule has 0 fully saturated rings. The Bertz CT molecular complexity index is 3560. The van der Waals surface area contributed by atoms with E-state index < -0.39 is 0 Å². The maximum absolute atomic E-state index is 10.7. The summed E-state index contributed by atoms with van der Waals surface area (Å²) in [6.45, 7) is 21.5. The van der Waals surface area contributed by atoms with Gasteiger partial charge < -0.3 is 18.9 Å². The lowest BCUT2D eigenvalue weighted by Gasteiger charge is -2.27. The average molecular weight is 875 g/mol. The molecule has 8 heteroatoms. The lowest BCUT2D eigenvalue weighted by atomic mass is 10.0. The number of rotatable bonds is 10. The van der Waals surface area contributed by atoms with E-state index in [0.717, 1.165) is 78.2 Å². The number of anilines is 6. The molecule has 0 spiro atoms. The number of hydrogen-bond acceptors (Lipinski definition) is 4. The van der Waals surface area contributed by atoms with Crippen LogP contribution in [-0.2, 0) is 13.1 Å². The van der Waals surface area contributed by atoms with Crippen LogP contribution in [0.25, 0.3) is 75.9 Å². The van der Waals surface area contributed by atoms with Gasteiger partial charge in [-0.05, 0) is 96.4 Å². The van der Waals surface area contributed by atoms with Crippen molar-refractivity contribution in [3.05, 3.63) is 228 Å². The second kappa shape index (κ2) is 18.1. The molecule has 0 saturated carbocycles. The first-order chi connectivity index (χ1) is 33.5. The Morgan fingerprint density at radius 1 is 0.456 bits per heavy atom.